The van der Waals surface area contributed by atoms with E-state index in [0.29, 0.717) is 41.8 Å². The number of carbonyl (C=O) groups excluding carboxylic acids is 3. The monoisotopic (exact) mass is 494 g/mol. The van der Waals surface area contributed by atoms with Crippen LogP contribution in [0.5, 0.6) is 11.5 Å². The van der Waals surface area contributed by atoms with E-state index in [2.05, 4.69) is 15.7 Å². The number of aromatic nitrogens is 2. The number of rotatable bonds is 11. The zero-order valence-corrected chi connectivity index (χ0v) is 20.8. The largest absolute Gasteiger partial charge is 0.490 e. The third-order valence-electron chi connectivity index (χ3n) is 4.94. The molecule has 3 rings (SSSR count). The highest BCUT2D eigenvalue weighted by Gasteiger charge is 2.15. The minimum atomic E-state index is -0.752. The Labute approximate surface area is 209 Å². The third kappa shape index (κ3) is 7.08. The van der Waals surface area contributed by atoms with Crippen LogP contribution < -0.4 is 20.1 Å². The molecule has 1 heterocycles. The molecule has 0 spiro atoms. The van der Waals surface area contributed by atoms with Crippen LogP contribution in [0.3, 0.4) is 0 Å². The Kier molecular flexibility index (Phi) is 9.04. The molecule has 10 heteroatoms. The highest BCUT2D eigenvalue weighted by atomic mass is 16.5. The number of anilines is 1. The van der Waals surface area contributed by atoms with Crippen molar-refractivity contribution in [1.82, 2.24) is 15.1 Å². The van der Waals surface area contributed by atoms with Crippen molar-refractivity contribution in [3.63, 3.8) is 0 Å². The zero-order valence-electron chi connectivity index (χ0n) is 20.8. The summed E-state index contributed by atoms with van der Waals surface area (Å²) in [7, 11) is 0. The Morgan fingerprint density at radius 3 is 2.31 bits per heavy atom. The number of carbonyl (C=O) groups is 3. The lowest BCUT2D eigenvalue weighted by molar-refractivity contribution is -0.146. The van der Waals surface area contributed by atoms with Crippen LogP contribution in [0.25, 0.3) is 5.69 Å². The van der Waals surface area contributed by atoms with Crippen LogP contribution in [0, 0.1) is 13.8 Å². The van der Waals surface area contributed by atoms with Gasteiger partial charge >= 0.3 is 5.97 Å². The molecule has 0 aliphatic rings. The molecule has 0 unspecified atom stereocenters. The van der Waals surface area contributed by atoms with E-state index in [1.54, 1.807) is 28.9 Å². The molecule has 0 saturated heterocycles. The SMILES string of the molecule is CCOc1ccc(C(=O)NCC(=O)OCC(=O)Nc2cc(C)nn2-c2ccc(C)cc2)cc1OCC. The minimum Gasteiger partial charge on any atom is -0.490 e. The molecule has 2 N–H and O–H groups in total. The van der Waals surface area contributed by atoms with Gasteiger partial charge in [0.25, 0.3) is 11.8 Å². The second kappa shape index (κ2) is 12.4. The van der Waals surface area contributed by atoms with Gasteiger partial charge in [-0.1, -0.05) is 17.7 Å². The molecule has 3 aromatic rings. The molecule has 0 fully saturated rings. The fraction of sp³-hybridized carbons (Fsp3) is 0.308. The average molecular weight is 495 g/mol. The summed E-state index contributed by atoms with van der Waals surface area (Å²) in [6, 6.07) is 14.1. The number of nitrogens with zero attached hydrogens (tertiary/aromatic N) is 2. The van der Waals surface area contributed by atoms with Crippen LogP contribution in [0.2, 0.25) is 0 Å². The van der Waals surface area contributed by atoms with Crippen molar-refractivity contribution in [1.29, 1.82) is 0 Å². The Morgan fingerprint density at radius 2 is 1.61 bits per heavy atom. The van der Waals surface area contributed by atoms with Gasteiger partial charge in [-0.05, 0) is 58.0 Å². The molecule has 0 aliphatic carbocycles. The molecule has 190 valence electrons. The van der Waals surface area contributed by atoms with Gasteiger partial charge in [0.2, 0.25) is 0 Å². The van der Waals surface area contributed by atoms with E-state index in [1.165, 1.54) is 0 Å². The van der Waals surface area contributed by atoms with Gasteiger partial charge in [0, 0.05) is 11.6 Å². The summed E-state index contributed by atoms with van der Waals surface area (Å²) in [6.07, 6.45) is 0. The van der Waals surface area contributed by atoms with Gasteiger partial charge in [-0.25, -0.2) is 4.68 Å². The van der Waals surface area contributed by atoms with Crippen molar-refractivity contribution in [2.24, 2.45) is 0 Å². The molecule has 2 aromatic carbocycles. The van der Waals surface area contributed by atoms with Gasteiger partial charge < -0.3 is 24.8 Å². The van der Waals surface area contributed by atoms with E-state index >= 15 is 0 Å². The predicted molar refractivity (Wildman–Crippen MR) is 134 cm³/mol. The highest BCUT2D eigenvalue weighted by molar-refractivity contribution is 5.97. The van der Waals surface area contributed by atoms with E-state index in [9.17, 15) is 14.4 Å². The highest BCUT2D eigenvalue weighted by Crippen LogP contribution is 2.28. The van der Waals surface area contributed by atoms with Gasteiger partial charge in [-0.15, -0.1) is 0 Å². The summed E-state index contributed by atoms with van der Waals surface area (Å²) < 4.78 is 17.6. The first kappa shape index (κ1) is 26.3. The number of hydrogen-bond donors (Lipinski definition) is 2. The van der Waals surface area contributed by atoms with Crippen molar-refractivity contribution in [3.05, 3.63) is 65.4 Å². The van der Waals surface area contributed by atoms with Crippen LogP contribution in [0.1, 0.15) is 35.5 Å². The van der Waals surface area contributed by atoms with Crippen molar-refractivity contribution in [3.8, 4) is 17.2 Å². The topological polar surface area (TPSA) is 121 Å². The van der Waals surface area contributed by atoms with Crippen LogP contribution in [-0.2, 0) is 14.3 Å². The molecule has 0 bridgehead atoms. The van der Waals surface area contributed by atoms with Crippen LogP contribution in [0.15, 0.2) is 48.5 Å². The van der Waals surface area contributed by atoms with E-state index in [4.69, 9.17) is 14.2 Å². The maximum absolute atomic E-state index is 12.4. The van der Waals surface area contributed by atoms with Gasteiger partial charge in [-0.3, -0.25) is 14.4 Å². The first-order valence-corrected chi connectivity index (χ1v) is 11.6. The lowest BCUT2D eigenvalue weighted by atomic mass is 10.2. The third-order valence-corrected chi connectivity index (χ3v) is 4.94. The molecular weight excluding hydrogens is 464 g/mol. The van der Waals surface area contributed by atoms with Crippen molar-refractivity contribution < 1.29 is 28.6 Å². The Bertz CT molecular complexity index is 1220. The van der Waals surface area contributed by atoms with Crippen LogP contribution >= 0.6 is 0 Å². The summed E-state index contributed by atoms with van der Waals surface area (Å²) >= 11 is 0. The number of aryl methyl sites for hydroxylation is 2. The Morgan fingerprint density at radius 1 is 0.917 bits per heavy atom. The van der Waals surface area contributed by atoms with Crippen molar-refractivity contribution in [2.75, 3.05) is 31.7 Å². The second-order valence-electron chi connectivity index (χ2n) is 7.84. The van der Waals surface area contributed by atoms with E-state index in [-0.39, 0.29) is 0 Å². The first-order valence-electron chi connectivity index (χ1n) is 11.6. The Balaban J connectivity index is 1.51. The molecule has 1 aromatic heterocycles. The fourth-order valence-electron chi connectivity index (χ4n) is 3.29. The fourth-order valence-corrected chi connectivity index (χ4v) is 3.29. The number of amides is 2. The summed E-state index contributed by atoms with van der Waals surface area (Å²) in [5, 5.41) is 9.57. The number of benzene rings is 2. The molecule has 36 heavy (non-hydrogen) atoms. The molecule has 0 saturated carbocycles. The smallest absolute Gasteiger partial charge is 0.325 e. The lowest BCUT2D eigenvalue weighted by Gasteiger charge is -2.12. The molecule has 10 nitrogen and oxygen atoms in total. The molecule has 2 amide bonds. The lowest BCUT2D eigenvalue weighted by Crippen LogP contribution is -2.32. The minimum absolute atomic E-state index is 0.298. The van der Waals surface area contributed by atoms with Crippen molar-refractivity contribution in [2.45, 2.75) is 27.7 Å². The van der Waals surface area contributed by atoms with Gasteiger partial charge in [0.1, 0.15) is 12.4 Å². The van der Waals surface area contributed by atoms with Gasteiger partial charge in [0.15, 0.2) is 18.1 Å². The van der Waals surface area contributed by atoms with E-state index in [1.807, 2.05) is 52.0 Å². The van der Waals surface area contributed by atoms with Crippen molar-refractivity contribution >= 4 is 23.6 Å². The Hall–Kier alpha value is -4.34. The van der Waals surface area contributed by atoms with Crippen LogP contribution in [0.4, 0.5) is 5.82 Å². The zero-order chi connectivity index (χ0) is 26.1. The summed E-state index contributed by atoms with van der Waals surface area (Å²) in [5.41, 5.74) is 2.90. The summed E-state index contributed by atoms with van der Waals surface area (Å²) in [6.45, 7) is 7.42. The molecule has 0 aliphatic heterocycles. The molecule has 0 radical (unpaired) electrons. The number of esters is 1. The van der Waals surface area contributed by atoms with E-state index in [0.717, 1.165) is 11.3 Å². The first-order chi connectivity index (χ1) is 17.3. The number of nitrogens with one attached hydrogen (secondary N) is 2. The van der Waals surface area contributed by atoms with Crippen LogP contribution in [-0.4, -0.2) is 53.9 Å². The second-order valence-corrected chi connectivity index (χ2v) is 7.84. The quantitative estimate of drug-likeness (QED) is 0.393. The maximum atomic E-state index is 12.4. The van der Waals surface area contributed by atoms with Gasteiger partial charge in [0.05, 0.1) is 24.6 Å². The average Bonchev–Trinajstić information content (AvgIpc) is 3.22. The number of hydrogen-bond acceptors (Lipinski definition) is 7. The maximum Gasteiger partial charge on any atom is 0.325 e. The summed E-state index contributed by atoms with van der Waals surface area (Å²) in [4.78, 5) is 36.9. The predicted octanol–water partition coefficient (Wildman–Crippen LogP) is 3.20. The molecular formula is C26H30N4O6. The summed E-state index contributed by atoms with van der Waals surface area (Å²) in [5.74, 6) is -0.357. The van der Waals surface area contributed by atoms with E-state index < -0.39 is 30.9 Å². The van der Waals surface area contributed by atoms with Gasteiger partial charge in [-0.2, -0.15) is 5.10 Å². The molecule has 0 atom stereocenters. The normalized spacial score (nSPS) is 10.4. The standard InChI is InChI=1S/C26H30N4O6/c1-5-34-21-12-9-19(14-22(21)35-6-2)26(33)27-15-25(32)36-16-24(31)28-23-13-18(4)29-30(23)20-10-7-17(3)8-11-20/h7-14H,5-6,15-16H2,1-4H3,(H,27,33)(H,28,31). The number of ether oxygens (including phenoxy) is 3.